The van der Waals surface area contributed by atoms with Crippen LogP contribution >= 0.6 is 0 Å². The molecule has 0 spiro atoms. The quantitative estimate of drug-likeness (QED) is 0.646. The molecule has 6 nitrogen and oxygen atoms in total. The van der Waals surface area contributed by atoms with E-state index in [2.05, 4.69) is 32.9 Å². The minimum atomic E-state index is -0.985. The Morgan fingerprint density at radius 1 is 1.07 bits per heavy atom. The van der Waals surface area contributed by atoms with Crippen molar-refractivity contribution in [2.45, 2.75) is 18.9 Å². The molecule has 0 amide bonds. The zero-order valence-corrected chi connectivity index (χ0v) is 16.3. The van der Waals surface area contributed by atoms with Gasteiger partial charge in [0.1, 0.15) is 19.4 Å². The van der Waals surface area contributed by atoms with Crippen molar-refractivity contribution in [3.05, 3.63) is 53.1 Å². The normalized spacial score (nSPS) is 13.5. The molecule has 2 aromatic carbocycles. The molecule has 154 valence electrons. The molecule has 1 aliphatic heterocycles. The molecule has 3 aromatic rings. The Hall–Kier alpha value is -3.31. The molecular formula is C22H21F2N5O. The lowest BCUT2D eigenvalue weighted by atomic mass is 10.00. The van der Waals surface area contributed by atoms with E-state index in [1.807, 2.05) is 12.1 Å². The van der Waals surface area contributed by atoms with Crippen LogP contribution in [0.25, 0.3) is 22.8 Å². The lowest BCUT2D eigenvalue weighted by Crippen LogP contribution is -2.24. The first kappa shape index (κ1) is 20.0. The van der Waals surface area contributed by atoms with Crippen molar-refractivity contribution < 1.29 is 13.3 Å². The van der Waals surface area contributed by atoms with Gasteiger partial charge < -0.3 is 15.2 Å². The standard InChI is InChI=1S/C22H21F2N5O/c23-11-19(12-24)27-20-4-3-17(10-18(20)13-25)22-28-21(29-30-22)16-2-1-14-5-7-26-8-6-15(14)9-16/h1-4,9-10,19,26-27H,5-8,11-12H2. The molecule has 0 fully saturated rings. The summed E-state index contributed by atoms with van der Waals surface area (Å²) in [6.07, 6.45) is 1.95. The van der Waals surface area contributed by atoms with Gasteiger partial charge >= 0.3 is 0 Å². The fraction of sp³-hybridized carbons (Fsp3) is 0.318. The second-order valence-corrected chi connectivity index (χ2v) is 7.18. The summed E-state index contributed by atoms with van der Waals surface area (Å²) in [5.74, 6) is 0.748. The Morgan fingerprint density at radius 2 is 1.83 bits per heavy atom. The highest BCUT2D eigenvalue weighted by atomic mass is 19.1. The second-order valence-electron chi connectivity index (χ2n) is 7.18. The lowest BCUT2D eigenvalue weighted by molar-refractivity contribution is 0.368. The molecule has 8 heteroatoms. The molecule has 0 bridgehead atoms. The van der Waals surface area contributed by atoms with Crippen molar-refractivity contribution in [3.63, 3.8) is 0 Å². The maximum absolute atomic E-state index is 12.8. The minimum absolute atomic E-state index is 0.247. The lowest BCUT2D eigenvalue weighted by Gasteiger charge is -2.14. The number of nitriles is 1. The molecular weight excluding hydrogens is 388 g/mol. The number of fused-ring (bicyclic) bond motifs is 1. The van der Waals surface area contributed by atoms with E-state index in [1.165, 1.54) is 11.1 Å². The van der Waals surface area contributed by atoms with Crippen molar-refractivity contribution in [1.29, 1.82) is 5.26 Å². The Morgan fingerprint density at radius 3 is 2.60 bits per heavy atom. The predicted octanol–water partition coefficient (Wildman–Crippen LogP) is 3.68. The molecule has 1 aromatic heterocycles. The fourth-order valence-electron chi connectivity index (χ4n) is 3.50. The summed E-state index contributed by atoms with van der Waals surface area (Å²) in [5, 5.41) is 19.6. The molecule has 4 rings (SSSR count). The van der Waals surface area contributed by atoms with E-state index in [-0.39, 0.29) is 11.5 Å². The van der Waals surface area contributed by atoms with Crippen molar-refractivity contribution >= 4 is 5.69 Å². The first-order valence-corrected chi connectivity index (χ1v) is 9.81. The van der Waals surface area contributed by atoms with E-state index in [9.17, 15) is 14.0 Å². The number of aromatic nitrogens is 2. The second kappa shape index (κ2) is 9.01. The number of anilines is 1. The number of halogens is 2. The summed E-state index contributed by atoms with van der Waals surface area (Å²) >= 11 is 0. The Labute approximate surface area is 172 Å². The molecule has 2 N–H and O–H groups in total. The highest BCUT2D eigenvalue weighted by Crippen LogP contribution is 2.28. The van der Waals surface area contributed by atoms with Gasteiger partial charge in [-0.25, -0.2) is 8.78 Å². The Kier molecular flexibility index (Phi) is 6.00. The third-order valence-corrected chi connectivity index (χ3v) is 5.15. The highest BCUT2D eigenvalue weighted by Gasteiger charge is 2.16. The van der Waals surface area contributed by atoms with Gasteiger partial charge in [0, 0.05) is 11.1 Å². The number of alkyl halides is 2. The summed E-state index contributed by atoms with van der Waals surface area (Å²) in [7, 11) is 0. The number of hydrogen-bond donors (Lipinski definition) is 2. The van der Waals surface area contributed by atoms with Crippen molar-refractivity contribution in [3.8, 4) is 28.9 Å². The summed E-state index contributed by atoms with van der Waals surface area (Å²) < 4.78 is 31.0. The zero-order chi connectivity index (χ0) is 20.9. The van der Waals surface area contributed by atoms with E-state index in [0.29, 0.717) is 17.1 Å². The van der Waals surface area contributed by atoms with E-state index in [4.69, 9.17) is 4.52 Å². The Bertz CT molecular complexity index is 1070. The molecule has 0 radical (unpaired) electrons. The van der Waals surface area contributed by atoms with Gasteiger partial charge in [0.2, 0.25) is 5.82 Å². The monoisotopic (exact) mass is 409 g/mol. The van der Waals surface area contributed by atoms with Crippen LogP contribution in [0, 0.1) is 11.3 Å². The number of benzene rings is 2. The van der Waals surface area contributed by atoms with Gasteiger partial charge in [-0.15, -0.1) is 0 Å². The molecule has 0 unspecified atom stereocenters. The van der Waals surface area contributed by atoms with Crippen LogP contribution in [0.4, 0.5) is 14.5 Å². The summed E-state index contributed by atoms with van der Waals surface area (Å²) in [4.78, 5) is 4.48. The van der Waals surface area contributed by atoms with Crippen LogP contribution in [0.2, 0.25) is 0 Å². The number of nitrogens with one attached hydrogen (secondary N) is 2. The number of nitrogens with zero attached hydrogens (tertiary/aromatic N) is 3. The van der Waals surface area contributed by atoms with Gasteiger partial charge in [-0.1, -0.05) is 17.3 Å². The highest BCUT2D eigenvalue weighted by molar-refractivity contribution is 5.68. The van der Waals surface area contributed by atoms with E-state index >= 15 is 0 Å². The molecule has 30 heavy (non-hydrogen) atoms. The first-order valence-electron chi connectivity index (χ1n) is 9.81. The van der Waals surface area contributed by atoms with E-state index in [1.54, 1.807) is 18.2 Å². The van der Waals surface area contributed by atoms with Crippen LogP contribution in [0.1, 0.15) is 16.7 Å². The minimum Gasteiger partial charge on any atom is -0.376 e. The fourth-order valence-corrected chi connectivity index (χ4v) is 3.50. The van der Waals surface area contributed by atoms with E-state index < -0.39 is 19.4 Å². The molecule has 2 heterocycles. The van der Waals surface area contributed by atoms with Crippen LogP contribution in [0.5, 0.6) is 0 Å². The van der Waals surface area contributed by atoms with Gasteiger partial charge in [-0.2, -0.15) is 10.2 Å². The summed E-state index contributed by atoms with van der Waals surface area (Å²) in [5.41, 5.74) is 4.65. The van der Waals surface area contributed by atoms with Crippen molar-refractivity contribution in [2.24, 2.45) is 0 Å². The smallest absolute Gasteiger partial charge is 0.258 e. The zero-order valence-electron chi connectivity index (χ0n) is 16.3. The number of hydrogen-bond acceptors (Lipinski definition) is 6. The summed E-state index contributed by atoms with van der Waals surface area (Å²) in [6.45, 7) is 0.180. The third kappa shape index (κ3) is 4.16. The molecule has 0 saturated heterocycles. The average molecular weight is 409 g/mol. The maximum atomic E-state index is 12.8. The van der Waals surface area contributed by atoms with Crippen LogP contribution in [0.15, 0.2) is 40.9 Å². The van der Waals surface area contributed by atoms with Crippen molar-refractivity contribution in [2.75, 3.05) is 31.8 Å². The van der Waals surface area contributed by atoms with Crippen LogP contribution in [-0.2, 0) is 12.8 Å². The van der Waals surface area contributed by atoms with Gasteiger partial charge in [-0.3, -0.25) is 0 Å². The largest absolute Gasteiger partial charge is 0.376 e. The van der Waals surface area contributed by atoms with Gasteiger partial charge in [0.25, 0.3) is 5.89 Å². The summed E-state index contributed by atoms with van der Waals surface area (Å²) in [6, 6.07) is 12.1. The topological polar surface area (TPSA) is 86.8 Å². The average Bonchev–Trinajstić information content (AvgIpc) is 3.16. The SMILES string of the molecule is N#Cc1cc(-c2nc(-c3ccc4c(c3)CCNCC4)no2)ccc1NC(CF)CF. The first-order chi connectivity index (χ1) is 14.7. The molecule has 0 aliphatic carbocycles. The van der Waals surface area contributed by atoms with Crippen LogP contribution in [0.3, 0.4) is 0 Å². The van der Waals surface area contributed by atoms with Crippen LogP contribution in [-0.4, -0.2) is 42.6 Å². The van der Waals surface area contributed by atoms with E-state index in [0.717, 1.165) is 31.5 Å². The van der Waals surface area contributed by atoms with Crippen LogP contribution < -0.4 is 10.6 Å². The molecule has 0 atom stereocenters. The molecule has 0 saturated carbocycles. The predicted molar refractivity (Wildman–Crippen MR) is 110 cm³/mol. The van der Waals surface area contributed by atoms with Crippen molar-refractivity contribution in [1.82, 2.24) is 15.5 Å². The third-order valence-electron chi connectivity index (χ3n) is 5.15. The maximum Gasteiger partial charge on any atom is 0.258 e. The number of rotatable bonds is 6. The van der Waals surface area contributed by atoms with Gasteiger partial charge in [0.05, 0.1) is 17.3 Å². The Balaban J connectivity index is 1.60. The molecule has 1 aliphatic rings. The van der Waals surface area contributed by atoms with Gasteiger partial charge in [0.15, 0.2) is 0 Å². The van der Waals surface area contributed by atoms with Gasteiger partial charge in [-0.05, 0) is 61.3 Å².